The van der Waals surface area contributed by atoms with Crippen molar-refractivity contribution in [1.29, 1.82) is 0 Å². The van der Waals surface area contributed by atoms with Gasteiger partial charge < -0.3 is 5.73 Å². The van der Waals surface area contributed by atoms with Crippen molar-refractivity contribution in [2.75, 3.05) is 0 Å². The van der Waals surface area contributed by atoms with Crippen molar-refractivity contribution in [2.24, 2.45) is 5.73 Å². The van der Waals surface area contributed by atoms with Gasteiger partial charge in [-0.05, 0) is 42.5 Å². The molecule has 0 aliphatic carbocycles. The van der Waals surface area contributed by atoms with E-state index in [0.717, 1.165) is 24.3 Å². The first-order valence-corrected chi connectivity index (χ1v) is 7.06. The summed E-state index contributed by atoms with van der Waals surface area (Å²) >= 11 is 6.04. The Labute approximate surface area is 120 Å². The molecule has 0 saturated carbocycles. The van der Waals surface area contributed by atoms with Crippen LogP contribution in [0.15, 0.2) is 54.6 Å². The molecule has 2 N–H and O–H groups in total. The van der Waals surface area contributed by atoms with E-state index in [1.807, 2.05) is 24.3 Å². The second kappa shape index (κ2) is 6.23. The van der Waals surface area contributed by atoms with Gasteiger partial charge >= 0.3 is 0 Å². The SMILES string of the molecule is CCC(N)(Cc1ccccc1)Cc1cccc(Cl)c1. The predicted octanol–water partition coefficient (Wildman–Crippen LogP) is 4.23. The van der Waals surface area contributed by atoms with E-state index in [-0.39, 0.29) is 5.54 Å². The molecule has 0 spiro atoms. The Bertz CT molecular complexity index is 524. The van der Waals surface area contributed by atoms with Crippen molar-refractivity contribution in [3.8, 4) is 0 Å². The summed E-state index contributed by atoms with van der Waals surface area (Å²) in [6, 6.07) is 18.4. The highest BCUT2D eigenvalue weighted by molar-refractivity contribution is 6.30. The molecule has 2 aromatic rings. The quantitative estimate of drug-likeness (QED) is 0.867. The fraction of sp³-hybridized carbons (Fsp3) is 0.294. The van der Waals surface area contributed by atoms with Gasteiger partial charge in [-0.3, -0.25) is 0 Å². The van der Waals surface area contributed by atoms with E-state index in [4.69, 9.17) is 17.3 Å². The maximum absolute atomic E-state index is 6.57. The second-order valence-electron chi connectivity index (χ2n) is 5.18. The minimum Gasteiger partial charge on any atom is -0.325 e. The lowest BCUT2D eigenvalue weighted by Gasteiger charge is -2.28. The van der Waals surface area contributed by atoms with Gasteiger partial charge in [0.2, 0.25) is 0 Å². The Hall–Kier alpha value is -1.31. The van der Waals surface area contributed by atoms with E-state index in [2.05, 4.69) is 37.3 Å². The summed E-state index contributed by atoms with van der Waals surface area (Å²) in [6.45, 7) is 2.15. The van der Waals surface area contributed by atoms with Crippen LogP contribution in [0, 0.1) is 0 Å². The first kappa shape index (κ1) is 14.1. The third-order valence-electron chi connectivity index (χ3n) is 3.55. The largest absolute Gasteiger partial charge is 0.325 e. The van der Waals surface area contributed by atoms with Crippen LogP contribution in [0.4, 0.5) is 0 Å². The molecule has 1 nitrogen and oxygen atoms in total. The average Bonchev–Trinajstić information content (AvgIpc) is 2.40. The molecular formula is C17H20ClN. The average molecular weight is 274 g/mol. The molecule has 19 heavy (non-hydrogen) atoms. The van der Waals surface area contributed by atoms with E-state index >= 15 is 0 Å². The molecule has 0 radical (unpaired) electrons. The second-order valence-corrected chi connectivity index (χ2v) is 5.62. The van der Waals surface area contributed by atoms with Crippen LogP contribution in [0.1, 0.15) is 24.5 Å². The smallest absolute Gasteiger partial charge is 0.0408 e. The Morgan fingerprint density at radius 1 is 0.947 bits per heavy atom. The molecule has 0 fully saturated rings. The van der Waals surface area contributed by atoms with Crippen LogP contribution >= 0.6 is 11.6 Å². The summed E-state index contributed by atoms with van der Waals surface area (Å²) < 4.78 is 0. The number of halogens is 1. The highest BCUT2D eigenvalue weighted by Crippen LogP contribution is 2.22. The maximum atomic E-state index is 6.57. The molecule has 0 saturated heterocycles. The molecule has 1 unspecified atom stereocenters. The van der Waals surface area contributed by atoms with Gasteiger partial charge in [0, 0.05) is 10.6 Å². The van der Waals surface area contributed by atoms with Gasteiger partial charge in [0.25, 0.3) is 0 Å². The summed E-state index contributed by atoms with van der Waals surface area (Å²) in [7, 11) is 0. The topological polar surface area (TPSA) is 26.0 Å². The summed E-state index contributed by atoms with van der Waals surface area (Å²) in [5.41, 5.74) is 8.84. The van der Waals surface area contributed by atoms with Crippen LogP contribution in [-0.4, -0.2) is 5.54 Å². The standard InChI is InChI=1S/C17H20ClN/c1-2-17(19,12-14-7-4-3-5-8-14)13-15-9-6-10-16(18)11-15/h3-11H,2,12-13,19H2,1H3. The van der Waals surface area contributed by atoms with Crippen LogP contribution < -0.4 is 5.73 Å². The number of benzene rings is 2. The van der Waals surface area contributed by atoms with Crippen molar-refractivity contribution < 1.29 is 0 Å². The lowest BCUT2D eigenvalue weighted by Crippen LogP contribution is -2.43. The highest BCUT2D eigenvalue weighted by atomic mass is 35.5. The third-order valence-corrected chi connectivity index (χ3v) is 3.78. The Morgan fingerprint density at radius 3 is 2.21 bits per heavy atom. The van der Waals surface area contributed by atoms with Gasteiger partial charge in [0.15, 0.2) is 0 Å². The lowest BCUT2D eigenvalue weighted by atomic mass is 9.83. The van der Waals surface area contributed by atoms with E-state index in [9.17, 15) is 0 Å². The monoisotopic (exact) mass is 273 g/mol. The number of nitrogens with two attached hydrogens (primary N) is 1. The summed E-state index contributed by atoms with van der Waals surface area (Å²) in [4.78, 5) is 0. The minimum atomic E-state index is -0.216. The van der Waals surface area contributed by atoms with E-state index in [1.54, 1.807) is 0 Å². The number of rotatable bonds is 5. The van der Waals surface area contributed by atoms with Gasteiger partial charge in [0.1, 0.15) is 0 Å². The molecule has 2 rings (SSSR count). The normalized spacial score (nSPS) is 14.1. The number of hydrogen-bond acceptors (Lipinski definition) is 1. The molecule has 0 amide bonds. The Morgan fingerprint density at radius 2 is 1.58 bits per heavy atom. The van der Waals surface area contributed by atoms with E-state index < -0.39 is 0 Å². The highest BCUT2D eigenvalue weighted by Gasteiger charge is 2.23. The molecule has 0 aliphatic rings. The van der Waals surface area contributed by atoms with Crippen LogP contribution in [-0.2, 0) is 12.8 Å². The third kappa shape index (κ3) is 4.09. The molecule has 0 aliphatic heterocycles. The Balaban J connectivity index is 2.14. The fourth-order valence-electron chi connectivity index (χ4n) is 2.37. The zero-order valence-electron chi connectivity index (χ0n) is 11.3. The first-order chi connectivity index (χ1) is 9.11. The summed E-state index contributed by atoms with van der Waals surface area (Å²) in [5, 5.41) is 0.774. The molecule has 100 valence electrons. The van der Waals surface area contributed by atoms with Gasteiger partial charge in [-0.2, -0.15) is 0 Å². The van der Waals surface area contributed by atoms with Gasteiger partial charge in [-0.15, -0.1) is 0 Å². The molecule has 0 bridgehead atoms. The number of hydrogen-bond donors (Lipinski definition) is 1. The van der Waals surface area contributed by atoms with Crippen molar-refractivity contribution >= 4 is 11.6 Å². The minimum absolute atomic E-state index is 0.216. The molecule has 1 atom stereocenters. The van der Waals surface area contributed by atoms with Crippen molar-refractivity contribution in [3.63, 3.8) is 0 Å². The zero-order valence-corrected chi connectivity index (χ0v) is 12.0. The summed E-state index contributed by atoms with van der Waals surface area (Å²) in [6.07, 6.45) is 2.67. The predicted molar refractivity (Wildman–Crippen MR) is 82.5 cm³/mol. The fourth-order valence-corrected chi connectivity index (χ4v) is 2.58. The van der Waals surface area contributed by atoms with E-state index in [1.165, 1.54) is 11.1 Å². The molecule has 0 heterocycles. The van der Waals surface area contributed by atoms with Crippen molar-refractivity contribution in [2.45, 2.75) is 31.7 Å². The van der Waals surface area contributed by atoms with Gasteiger partial charge in [0.05, 0.1) is 0 Å². The lowest BCUT2D eigenvalue weighted by molar-refractivity contribution is 0.404. The van der Waals surface area contributed by atoms with E-state index in [0.29, 0.717) is 0 Å². The van der Waals surface area contributed by atoms with Crippen molar-refractivity contribution in [3.05, 3.63) is 70.7 Å². The first-order valence-electron chi connectivity index (χ1n) is 6.68. The van der Waals surface area contributed by atoms with Gasteiger partial charge in [-0.25, -0.2) is 0 Å². The van der Waals surface area contributed by atoms with Crippen LogP contribution in [0.3, 0.4) is 0 Å². The van der Waals surface area contributed by atoms with Crippen LogP contribution in [0.2, 0.25) is 5.02 Å². The molecular weight excluding hydrogens is 254 g/mol. The van der Waals surface area contributed by atoms with Crippen molar-refractivity contribution in [1.82, 2.24) is 0 Å². The Kier molecular flexibility index (Phi) is 4.62. The molecule has 2 heteroatoms. The molecule has 0 aromatic heterocycles. The van der Waals surface area contributed by atoms with Gasteiger partial charge in [-0.1, -0.05) is 61.0 Å². The molecule has 2 aromatic carbocycles. The van der Waals surface area contributed by atoms with Crippen LogP contribution in [0.25, 0.3) is 0 Å². The zero-order chi connectivity index (χ0) is 13.7. The van der Waals surface area contributed by atoms with Crippen LogP contribution in [0.5, 0.6) is 0 Å². The summed E-state index contributed by atoms with van der Waals surface area (Å²) in [5.74, 6) is 0. The maximum Gasteiger partial charge on any atom is 0.0408 e.